The lowest BCUT2D eigenvalue weighted by molar-refractivity contribution is 0.0230. The van der Waals surface area contributed by atoms with Gasteiger partial charge in [-0.05, 0) is 88.8 Å². The molecule has 2 saturated heterocycles. The van der Waals surface area contributed by atoms with E-state index in [1.54, 1.807) is 13.0 Å². The van der Waals surface area contributed by atoms with Gasteiger partial charge < -0.3 is 4.90 Å². The Morgan fingerprint density at radius 1 is 1.04 bits per heavy atom. The lowest BCUT2D eigenvalue weighted by Gasteiger charge is -2.47. The molecule has 2 aliphatic rings. The topological polar surface area (TPSA) is 40.6 Å². The summed E-state index contributed by atoms with van der Waals surface area (Å²) in [6.07, 6.45) is 5.24. The smallest absolute Gasteiger partial charge is 0.178 e. The van der Waals surface area contributed by atoms with Gasteiger partial charge in [-0.1, -0.05) is 19.1 Å². The van der Waals surface area contributed by atoms with Crippen LogP contribution in [-0.2, 0) is 16.4 Å². The second-order valence-electron chi connectivity index (χ2n) is 8.46. The van der Waals surface area contributed by atoms with Crippen molar-refractivity contribution in [2.75, 3.05) is 31.9 Å². The van der Waals surface area contributed by atoms with Gasteiger partial charge in [0.05, 0.1) is 10.6 Å². The van der Waals surface area contributed by atoms with Gasteiger partial charge in [0.25, 0.3) is 0 Å². The Kier molecular flexibility index (Phi) is 6.10. The Bertz CT molecular complexity index is 696. The molecular formula is C21H34N2O2S. The van der Waals surface area contributed by atoms with Crippen molar-refractivity contribution in [1.82, 2.24) is 9.80 Å². The van der Waals surface area contributed by atoms with Crippen molar-refractivity contribution in [2.45, 2.75) is 63.9 Å². The second kappa shape index (κ2) is 7.99. The molecule has 3 rings (SSSR count). The van der Waals surface area contributed by atoms with Crippen LogP contribution in [0, 0.1) is 5.41 Å². The third-order valence-corrected chi connectivity index (χ3v) is 8.28. The van der Waals surface area contributed by atoms with Gasteiger partial charge in [-0.25, -0.2) is 8.42 Å². The first kappa shape index (κ1) is 19.8. The Hall–Kier alpha value is -0.910. The van der Waals surface area contributed by atoms with Crippen LogP contribution in [0.15, 0.2) is 29.2 Å². The number of nitrogens with zero attached hydrogens (tertiary/aromatic N) is 2. The number of hydrogen-bond donors (Lipinski definition) is 0. The molecule has 2 aliphatic heterocycles. The van der Waals surface area contributed by atoms with Crippen molar-refractivity contribution in [2.24, 2.45) is 5.41 Å². The molecule has 0 radical (unpaired) electrons. The van der Waals surface area contributed by atoms with Crippen molar-refractivity contribution >= 4 is 9.84 Å². The zero-order valence-electron chi connectivity index (χ0n) is 16.6. The van der Waals surface area contributed by atoms with Crippen LogP contribution in [0.3, 0.4) is 0 Å². The summed E-state index contributed by atoms with van der Waals surface area (Å²) >= 11 is 0. The van der Waals surface area contributed by atoms with Crippen LogP contribution >= 0.6 is 0 Å². The van der Waals surface area contributed by atoms with E-state index < -0.39 is 9.84 Å². The summed E-state index contributed by atoms with van der Waals surface area (Å²) in [4.78, 5) is 5.57. The summed E-state index contributed by atoms with van der Waals surface area (Å²) in [5.74, 6) is 0.163. The first-order valence-corrected chi connectivity index (χ1v) is 11.8. The molecule has 1 spiro atoms. The van der Waals surface area contributed by atoms with Gasteiger partial charge in [-0.2, -0.15) is 0 Å². The molecule has 4 nitrogen and oxygen atoms in total. The summed E-state index contributed by atoms with van der Waals surface area (Å²) < 4.78 is 24.2. The monoisotopic (exact) mass is 378 g/mol. The Morgan fingerprint density at radius 2 is 1.65 bits per heavy atom. The second-order valence-corrected chi connectivity index (χ2v) is 10.7. The predicted octanol–water partition coefficient (Wildman–Crippen LogP) is 3.57. The van der Waals surface area contributed by atoms with Crippen LogP contribution < -0.4 is 0 Å². The van der Waals surface area contributed by atoms with E-state index in [0.29, 0.717) is 16.4 Å². The zero-order chi connectivity index (χ0) is 18.8. The standard InChI is InChI=1S/C21H34N2O2S/c1-4-26(24,25)20-7-5-6-19(16-20)17-22-12-8-21(9-13-22)10-14-23(15-11-21)18(2)3/h5-7,16,18H,4,8-15,17H2,1-3H3. The zero-order valence-corrected chi connectivity index (χ0v) is 17.4. The molecule has 26 heavy (non-hydrogen) atoms. The number of hydrogen-bond acceptors (Lipinski definition) is 4. The molecule has 1 aromatic carbocycles. The van der Waals surface area contributed by atoms with Crippen molar-refractivity contribution < 1.29 is 8.42 Å². The molecule has 0 aliphatic carbocycles. The maximum absolute atomic E-state index is 12.1. The number of likely N-dealkylation sites (tertiary alicyclic amines) is 2. The summed E-state index contributed by atoms with van der Waals surface area (Å²) in [7, 11) is -3.12. The maximum atomic E-state index is 12.1. The SMILES string of the molecule is CCS(=O)(=O)c1cccc(CN2CCC3(CC2)CCN(C(C)C)CC3)c1. The molecule has 2 heterocycles. The molecule has 1 aromatic rings. The van der Waals surface area contributed by atoms with Gasteiger partial charge in [0.2, 0.25) is 0 Å². The minimum absolute atomic E-state index is 0.163. The first-order chi connectivity index (χ1) is 12.3. The van der Waals surface area contributed by atoms with Crippen molar-refractivity contribution in [3.8, 4) is 0 Å². The molecule has 0 N–H and O–H groups in total. The third-order valence-electron chi connectivity index (χ3n) is 6.55. The number of piperidine rings is 2. The van der Waals surface area contributed by atoms with Gasteiger partial charge in [0, 0.05) is 12.6 Å². The third kappa shape index (κ3) is 4.49. The normalized spacial score (nSPS) is 22.2. The summed E-state index contributed by atoms with van der Waals surface area (Å²) in [6.45, 7) is 11.9. The van der Waals surface area contributed by atoms with E-state index in [0.717, 1.165) is 25.2 Å². The highest BCUT2D eigenvalue weighted by molar-refractivity contribution is 7.91. The lowest BCUT2D eigenvalue weighted by Crippen LogP contribution is -2.48. The fourth-order valence-corrected chi connectivity index (χ4v) is 5.41. The molecule has 0 saturated carbocycles. The molecule has 146 valence electrons. The molecule has 0 atom stereocenters. The van der Waals surface area contributed by atoms with Gasteiger partial charge in [0.15, 0.2) is 9.84 Å². The fourth-order valence-electron chi connectivity index (χ4n) is 4.46. The molecule has 2 fully saturated rings. The summed E-state index contributed by atoms with van der Waals surface area (Å²) in [5, 5.41) is 0. The quantitative estimate of drug-likeness (QED) is 0.785. The number of rotatable bonds is 5. The largest absolute Gasteiger partial charge is 0.301 e. The minimum Gasteiger partial charge on any atom is -0.301 e. The van der Waals surface area contributed by atoms with Gasteiger partial charge in [0.1, 0.15) is 0 Å². The van der Waals surface area contributed by atoms with E-state index in [2.05, 4.69) is 29.7 Å². The molecule has 0 aromatic heterocycles. The summed E-state index contributed by atoms with van der Waals surface area (Å²) in [6, 6.07) is 8.19. The minimum atomic E-state index is -3.12. The van der Waals surface area contributed by atoms with Crippen LogP contribution in [0.25, 0.3) is 0 Å². The average Bonchev–Trinajstić information content (AvgIpc) is 2.64. The number of benzene rings is 1. The molecule has 0 amide bonds. The van der Waals surface area contributed by atoms with Gasteiger partial charge >= 0.3 is 0 Å². The van der Waals surface area contributed by atoms with E-state index in [1.165, 1.54) is 38.8 Å². The first-order valence-electron chi connectivity index (χ1n) is 10.1. The fraction of sp³-hybridized carbons (Fsp3) is 0.714. The van der Waals surface area contributed by atoms with E-state index in [9.17, 15) is 8.42 Å². The van der Waals surface area contributed by atoms with Crippen molar-refractivity contribution in [3.63, 3.8) is 0 Å². The average molecular weight is 379 g/mol. The summed E-state index contributed by atoms with van der Waals surface area (Å²) in [5.41, 5.74) is 1.67. The number of sulfone groups is 1. The highest BCUT2D eigenvalue weighted by Gasteiger charge is 2.37. The van der Waals surface area contributed by atoms with Gasteiger partial charge in [-0.15, -0.1) is 0 Å². The highest BCUT2D eigenvalue weighted by Crippen LogP contribution is 2.41. The van der Waals surface area contributed by atoms with Crippen molar-refractivity contribution in [1.29, 1.82) is 0 Å². The predicted molar refractivity (Wildman–Crippen MR) is 107 cm³/mol. The maximum Gasteiger partial charge on any atom is 0.178 e. The molecule has 0 unspecified atom stereocenters. The Labute approximate surface area is 159 Å². The van der Waals surface area contributed by atoms with E-state index >= 15 is 0 Å². The molecular weight excluding hydrogens is 344 g/mol. The van der Waals surface area contributed by atoms with Crippen molar-refractivity contribution in [3.05, 3.63) is 29.8 Å². The highest BCUT2D eigenvalue weighted by atomic mass is 32.2. The van der Waals surface area contributed by atoms with Crippen LogP contribution in [0.4, 0.5) is 0 Å². The van der Waals surface area contributed by atoms with E-state index in [-0.39, 0.29) is 5.75 Å². The van der Waals surface area contributed by atoms with Crippen LogP contribution in [0.5, 0.6) is 0 Å². The molecule has 5 heteroatoms. The Morgan fingerprint density at radius 3 is 2.23 bits per heavy atom. The Balaban J connectivity index is 1.56. The van der Waals surface area contributed by atoms with E-state index in [1.807, 2.05) is 12.1 Å². The lowest BCUT2D eigenvalue weighted by atomic mass is 9.71. The van der Waals surface area contributed by atoms with Gasteiger partial charge in [-0.3, -0.25) is 4.90 Å². The van der Waals surface area contributed by atoms with Crippen LogP contribution in [0.1, 0.15) is 52.0 Å². The molecule has 0 bridgehead atoms. The van der Waals surface area contributed by atoms with Crippen LogP contribution in [-0.4, -0.2) is 56.2 Å². The van der Waals surface area contributed by atoms with Crippen LogP contribution in [0.2, 0.25) is 0 Å². The van der Waals surface area contributed by atoms with E-state index in [4.69, 9.17) is 0 Å².